The Morgan fingerprint density at radius 3 is 2.74 bits per heavy atom. The second-order valence-corrected chi connectivity index (χ2v) is 4.07. The Morgan fingerprint density at radius 1 is 1.26 bits per heavy atom. The fourth-order valence-corrected chi connectivity index (χ4v) is 1.41. The van der Waals surface area contributed by atoms with E-state index in [1.54, 1.807) is 24.3 Å². The van der Waals surface area contributed by atoms with Crippen LogP contribution in [0.25, 0.3) is 0 Å². The molecule has 7 heteroatoms. The number of carbonyl (C=O) groups is 2. The lowest BCUT2D eigenvalue weighted by Crippen LogP contribution is -2.40. The van der Waals surface area contributed by atoms with Gasteiger partial charge in [0.25, 0.3) is 0 Å². The number of halogens is 1. The smallest absolute Gasteiger partial charge is 0.239 e. The number of nitrogens with two attached hydrogens (primary N) is 1. The molecule has 0 saturated heterocycles. The first-order valence-corrected chi connectivity index (χ1v) is 6.11. The summed E-state index contributed by atoms with van der Waals surface area (Å²) >= 11 is 5.79. The number of benzene rings is 1. The van der Waals surface area contributed by atoms with E-state index in [1.165, 1.54) is 0 Å². The molecule has 0 radical (unpaired) electrons. The Morgan fingerprint density at radius 2 is 2.05 bits per heavy atom. The van der Waals surface area contributed by atoms with E-state index >= 15 is 0 Å². The molecule has 1 aromatic rings. The van der Waals surface area contributed by atoms with Gasteiger partial charge in [-0.2, -0.15) is 0 Å². The Labute approximate surface area is 116 Å². The van der Waals surface area contributed by atoms with Crippen molar-refractivity contribution in [1.82, 2.24) is 10.6 Å². The standard InChI is InChI=1S/C12H16ClN3O3/c13-9-2-1-3-10(6-9)19-5-4-15-12(18)8-16-11(17)7-14/h1-3,6H,4-5,7-8,14H2,(H,15,18)(H,16,17). The molecule has 0 bridgehead atoms. The summed E-state index contributed by atoms with van der Waals surface area (Å²) in [4.78, 5) is 22.1. The zero-order valence-electron chi connectivity index (χ0n) is 10.3. The van der Waals surface area contributed by atoms with Gasteiger partial charge in [-0.15, -0.1) is 0 Å². The van der Waals surface area contributed by atoms with Crippen molar-refractivity contribution in [3.63, 3.8) is 0 Å². The van der Waals surface area contributed by atoms with Gasteiger partial charge in [-0.05, 0) is 18.2 Å². The molecule has 0 aromatic heterocycles. The monoisotopic (exact) mass is 285 g/mol. The van der Waals surface area contributed by atoms with Gasteiger partial charge in [0.15, 0.2) is 0 Å². The van der Waals surface area contributed by atoms with Gasteiger partial charge in [0, 0.05) is 5.02 Å². The van der Waals surface area contributed by atoms with Crippen LogP contribution >= 0.6 is 11.6 Å². The van der Waals surface area contributed by atoms with Crippen molar-refractivity contribution in [2.75, 3.05) is 26.2 Å². The fraction of sp³-hybridized carbons (Fsp3) is 0.333. The van der Waals surface area contributed by atoms with Crippen LogP contribution in [0.1, 0.15) is 0 Å². The predicted molar refractivity (Wildman–Crippen MR) is 72.0 cm³/mol. The quantitative estimate of drug-likeness (QED) is 0.610. The highest BCUT2D eigenvalue weighted by Gasteiger charge is 2.03. The summed E-state index contributed by atoms with van der Waals surface area (Å²) in [5.74, 6) is -0.0278. The Kier molecular flexibility index (Phi) is 6.70. The minimum absolute atomic E-state index is 0.0901. The van der Waals surface area contributed by atoms with E-state index in [1.807, 2.05) is 0 Å². The van der Waals surface area contributed by atoms with Gasteiger partial charge in [-0.3, -0.25) is 9.59 Å². The van der Waals surface area contributed by atoms with Crippen LogP contribution < -0.4 is 21.1 Å². The van der Waals surface area contributed by atoms with Crippen LogP contribution in [-0.2, 0) is 9.59 Å². The van der Waals surface area contributed by atoms with Gasteiger partial charge in [0.05, 0.1) is 19.6 Å². The molecular formula is C12H16ClN3O3. The van der Waals surface area contributed by atoms with Crippen LogP contribution in [-0.4, -0.2) is 38.1 Å². The zero-order chi connectivity index (χ0) is 14.1. The van der Waals surface area contributed by atoms with Gasteiger partial charge in [-0.25, -0.2) is 0 Å². The van der Waals surface area contributed by atoms with Crippen molar-refractivity contribution >= 4 is 23.4 Å². The largest absolute Gasteiger partial charge is 0.492 e. The number of amides is 2. The average molecular weight is 286 g/mol. The minimum Gasteiger partial charge on any atom is -0.492 e. The number of hydrogen-bond acceptors (Lipinski definition) is 4. The number of hydrogen-bond donors (Lipinski definition) is 3. The zero-order valence-corrected chi connectivity index (χ0v) is 11.1. The van der Waals surface area contributed by atoms with Crippen molar-refractivity contribution in [2.45, 2.75) is 0 Å². The molecule has 19 heavy (non-hydrogen) atoms. The molecule has 1 aromatic carbocycles. The third-order valence-corrected chi connectivity index (χ3v) is 2.36. The molecule has 0 aliphatic heterocycles. The summed E-state index contributed by atoms with van der Waals surface area (Å²) in [6, 6.07) is 6.98. The van der Waals surface area contributed by atoms with Crippen LogP contribution in [0, 0.1) is 0 Å². The van der Waals surface area contributed by atoms with E-state index in [2.05, 4.69) is 10.6 Å². The minimum atomic E-state index is -0.370. The fourth-order valence-electron chi connectivity index (χ4n) is 1.23. The van der Waals surface area contributed by atoms with Crippen molar-refractivity contribution in [3.05, 3.63) is 29.3 Å². The Bertz CT molecular complexity index is 440. The van der Waals surface area contributed by atoms with Crippen LogP contribution in [0.15, 0.2) is 24.3 Å². The topological polar surface area (TPSA) is 93.5 Å². The van der Waals surface area contributed by atoms with E-state index in [0.29, 0.717) is 23.9 Å². The molecule has 0 fully saturated rings. The maximum Gasteiger partial charge on any atom is 0.239 e. The number of carbonyl (C=O) groups excluding carboxylic acids is 2. The van der Waals surface area contributed by atoms with Crippen molar-refractivity contribution in [1.29, 1.82) is 0 Å². The number of rotatable bonds is 7. The van der Waals surface area contributed by atoms with Gasteiger partial charge in [-0.1, -0.05) is 17.7 Å². The third-order valence-electron chi connectivity index (χ3n) is 2.12. The van der Waals surface area contributed by atoms with E-state index in [9.17, 15) is 9.59 Å². The summed E-state index contributed by atoms with van der Waals surface area (Å²) in [6.07, 6.45) is 0. The molecule has 0 spiro atoms. The third kappa shape index (κ3) is 6.64. The van der Waals surface area contributed by atoms with E-state index in [4.69, 9.17) is 22.1 Å². The molecular weight excluding hydrogens is 270 g/mol. The highest BCUT2D eigenvalue weighted by atomic mass is 35.5. The second-order valence-electron chi connectivity index (χ2n) is 3.64. The van der Waals surface area contributed by atoms with Crippen molar-refractivity contribution < 1.29 is 14.3 Å². The number of ether oxygens (including phenoxy) is 1. The first-order chi connectivity index (χ1) is 9.11. The molecule has 0 aliphatic rings. The molecule has 0 aliphatic carbocycles. The number of nitrogens with one attached hydrogen (secondary N) is 2. The molecule has 0 heterocycles. The first-order valence-electron chi connectivity index (χ1n) is 5.73. The summed E-state index contributed by atoms with van der Waals surface area (Å²) in [6.45, 7) is 0.430. The molecule has 0 unspecified atom stereocenters. The lowest BCUT2D eigenvalue weighted by molar-refractivity contribution is -0.125. The second kappa shape index (κ2) is 8.34. The van der Waals surface area contributed by atoms with E-state index in [0.717, 1.165) is 0 Å². The van der Waals surface area contributed by atoms with E-state index in [-0.39, 0.29) is 24.9 Å². The highest BCUT2D eigenvalue weighted by molar-refractivity contribution is 6.30. The molecule has 0 saturated carbocycles. The lowest BCUT2D eigenvalue weighted by Gasteiger charge is -2.08. The SMILES string of the molecule is NCC(=O)NCC(=O)NCCOc1cccc(Cl)c1. The molecule has 2 amide bonds. The normalized spacial score (nSPS) is 9.79. The maximum absolute atomic E-state index is 11.3. The summed E-state index contributed by atoms with van der Waals surface area (Å²) in [7, 11) is 0. The first kappa shape index (κ1) is 15.3. The van der Waals surface area contributed by atoms with E-state index < -0.39 is 0 Å². The van der Waals surface area contributed by atoms with Gasteiger partial charge >= 0.3 is 0 Å². The predicted octanol–water partition coefficient (Wildman–Crippen LogP) is -0.0901. The summed E-state index contributed by atoms with van der Waals surface area (Å²) < 4.78 is 5.38. The molecule has 104 valence electrons. The Balaban J connectivity index is 2.13. The van der Waals surface area contributed by atoms with Crippen molar-refractivity contribution in [3.8, 4) is 5.75 Å². The van der Waals surface area contributed by atoms with Crippen LogP contribution in [0.3, 0.4) is 0 Å². The van der Waals surface area contributed by atoms with Gasteiger partial charge in [0.1, 0.15) is 12.4 Å². The maximum atomic E-state index is 11.3. The molecule has 4 N–H and O–H groups in total. The summed E-state index contributed by atoms with van der Waals surface area (Å²) in [5.41, 5.74) is 5.08. The van der Waals surface area contributed by atoms with Crippen molar-refractivity contribution in [2.24, 2.45) is 5.73 Å². The van der Waals surface area contributed by atoms with Gasteiger partial charge < -0.3 is 21.1 Å². The van der Waals surface area contributed by atoms with Crippen LogP contribution in [0.5, 0.6) is 5.75 Å². The lowest BCUT2D eigenvalue weighted by atomic mass is 10.3. The van der Waals surface area contributed by atoms with Gasteiger partial charge in [0.2, 0.25) is 11.8 Å². The van der Waals surface area contributed by atoms with Crippen LogP contribution in [0.4, 0.5) is 0 Å². The van der Waals surface area contributed by atoms with Crippen LogP contribution in [0.2, 0.25) is 5.02 Å². The highest BCUT2D eigenvalue weighted by Crippen LogP contribution is 2.16. The Hall–Kier alpha value is -1.79. The molecule has 1 rings (SSSR count). The summed E-state index contributed by atoms with van der Waals surface area (Å²) in [5, 5.41) is 5.55. The average Bonchev–Trinajstić information content (AvgIpc) is 2.41. The molecule has 6 nitrogen and oxygen atoms in total. The molecule has 0 atom stereocenters.